The lowest BCUT2D eigenvalue weighted by atomic mass is 10.1. The van der Waals surface area contributed by atoms with Crippen LogP contribution in [0.25, 0.3) is 0 Å². The second-order valence-corrected chi connectivity index (χ2v) is 5.78. The summed E-state index contributed by atoms with van der Waals surface area (Å²) in [6.07, 6.45) is 0. The smallest absolute Gasteiger partial charge is 0.254 e. The molecule has 1 saturated heterocycles. The molecule has 126 valence electrons. The molecule has 7 nitrogen and oxygen atoms in total. The number of benzene rings is 1. The number of rotatable bonds is 5. The van der Waals surface area contributed by atoms with E-state index in [1.165, 1.54) is 0 Å². The van der Waals surface area contributed by atoms with Gasteiger partial charge in [0, 0.05) is 25.2 Å². The molecular weight excluding hydrogens is 300 g/mol. The van der Waals surface area contributed by atoms with E-state index in [1.54, 1.807) is 18.2 Å². The maximum absolute atomic E-state index is 12.9. The highest BCUT2D eigenvalue weighted by Gasteiger charge is 2.29. The Hall–Kier alpha value is -1.83. The fourth-order valence-corrected chi connectivity index (χ4v) is 2.89. The molecule has 2 aliphatic rings. The van der Waals surface area contributed by atoms with Crippen LogP contribution < -0.4 is 9.47 Å². The summed E-state index contributed by atoms with van der Waals surface area (Å²) in [5.41, 5.74) is 0.589. The number of nitrogens with zero attached hydrogens (tertiary/aromatic N) is 2. The lowest BCUT2D eigenvalue weighted by molar-refractivity contribution is -0.0109. The van der Waals surface area contributed by atoms with Crippen molar-refractivity contribution in [1.29, 1.82) is 0 Å². The first kappa shape index (κ1) is 16.0. The minimum atomic E-state index is -0.0333. The zero-order chi connectivity index (χ0) is 16.2. The van der Waals surface area contributed by atoms with Gasteiger partial charge >= 0.3 is 0 Å². The lowest BCUT2D eigenvalue weighted by Crippen LogP contribution is -2.53. The lowest BCUT2D eigenvalue weighted by Gasteiger charge is -2.37. The number of likely N-dealkylation sites (N-methyl/N-ethyl adjacent to an activating group) is 1. The number of hydrogen-bond acceptors (Lipinski definition) is 6. The number of fused-ring (bicyclic) bond motifs is 1. The van der Waals surface area contributed by atoms with E-state index < -0.39 is 0 Å². The van der Waals surface area contributed by atoms with E-state index in [0.29, 0.717) is 49.9 Å². The maximum Gasteiger partial charge on any atom is 0.254 e. The summed E-state index contributed by atoms with van der Waals surface area (Å²) in [6.45, 7) is 3.13. The number of carbonyl (C=O) groups is 1. The monoisotopic (exact) mass is 322 g/mol. The van der Waals surface area contributed by atoms with Crippen LogP contribution in [-0.4, -0.2) is 80.2 Å². The molecule has 0 bridgehead atoms. The van der Waals surface area contributed by atoms with E-state index >= 15 is 0 Å². The topological polar surface area (TPSA) is 71.5 Å². The largest absolute Gasteiger partial charge is 0.454 e. The molecule has 2 aliphatic heterocycles. The van der Waals surface area contributed by atoms with Crippen molar-refractivity contribution in [3.05, 3.63) is 23.8 Å². The van der Waals surface area contributed by atoms with Crippen molar-refractivity contribution in [2.75, 3.05) is 53.3 Å². The Bertz CT molecular complexity index is 565. The fraction of sp³-hybridized carbons (Fsp3) is 0.562. The summed E-state index contributed by atoms with van der Waals surface area (Å²) in [7, 11) is 1.92. The van der Waals surface area contributed by atoms with Gasteiger partial charge in [0.15, 0.2) is 11.5 Å². The summed E-state index contributed by atoms with van der Waals surface area (Å²) in [4.78, 5) is 16.7. The first-order chi connectivity index (χ1) is 11.2. The first-order valence-corrected chi connectivity index (χ1v) is 7.77. The van der Waals surface area contributed by atoms with Crippen LogP contribution in [0.15, 0.2) is 18.2 Å². The molecule has 1 amide bonds. The van der Waals surface area contributed by atoms with Gasteiger partial charge in [-0.25, -0.2) is 0 Å². The standard InChI is InChI=1S/C16H22N2O5/c1-17(4-6-19)9-13-10-21-7-5-18(13)16(20)12-2-3-14-15(8-12)23-11-22-14/h2-3,8,13,19H,4-7,9-11H2,1H3/t13-/m0/s1. The molecule has 1 aromatic carbocycles. The van der Waals surface area contributed by atoms with Crippen LogP contribution in [0.5, 0.6) is 11.5 Å². The number of aliphatic hydroxyl groups is 1. The average molecular weight is 322 g/mol. The van der Waals surface area contributed by atoms with Crippen molar-refractivity contribution < 1.29 is 24.1 Å². The molecule has 0 aromatic heterocycles. The number of amides is 1. The quantitative estimate of drug-likeness (QED) is 0.834. The summed E-state index contributed by atoms with van der Waals surface area (Å²) >= 11 is 0. The molecule has 1 aromatic rings. The van der Waals surface area contributed by atoms with Crippen molar-refractivity contribution in [2.45, 2.75) is 6.04 Å². The van der Waals surface area contributed by atoms with E-state index in [2.05, 4.69) is 0 Å². The Labute approximate surface area is 135 Å². The van der Waals surface area contributed by atoms with Gasteiger partial charge in [-0.2, -0.15) is 0 Å². The molecular formula is C16H22N2O5. The summed E-state index contributed by atoms with van der Waals surface area (Å²) in [5.74, 6) is 1.25. The van der Waals surface area contributed by atoms with E-state index in [4.69, 9.17) is 19.3 Å². The van der Waals surface area contributed by atoms with Gasteiger partial charge in [-0.3, -0.25) is 4.79 Å². The Morgan fingerprint density at radius 3 is 3.04 bits per heavy atom. The van der Waals surface area contributed by atoms with E-state index in [1.807, 2.05) is 16.8 Å². The number of carbonyl (C=O) groups excluding carboxylic acids is 1. The number of ether oxygens (including phenoxy) is 3. The molecule has 0 aliphatic carbocycles. The van der Waals surface area contributed by atoms with Crippen molar-refractivity contribution in [3.8, 4) is 11.5 Å². The predicted octanol–water partition coefficient (Wildman–Crippen LogP) is 0.180. The highest BCUT2D eigenvalue weighted by Crippen LogP contribution is 2.33. The predicted molar refractivity (Wildman–Crippen MR) is 82.8 cm³/mol. The van der Waals surface area contributed by atoms with Crippen molar-refractivity contribution in [1.82, 2.24) is 9.80 Å². The van der Waals surface area contributed by atoms with Crippen LogP contribution >= 0.6 is 0 Å². The Morgan fingerprint density at radius 2 is 2.22 bits per heavy atom. The van der Waals surface area contributed by atoms with Crippen molar-refractivity contribution >= 4 is 5.91 Å². The molecule has 7 heteroatoms. The summed E-state index contributed by atoms with van der Waals surface area (Å²) < 4.78 is 16.2. The third kappa shape index (κ3) is 3.57. The van der Waals surface area contributed by atoms with Crippen LogP contribution in [0.3, 0.4) is 0 Å². The van der Waals surface area contributed by atoms with Crippen LogP contribution in [0.1, 0.15) is 10.4 Å². The molecule has 0 saturated carbocycles. The van der Waals surface area contributed by atoms with E-state index in [0.717, 1.165) is 0 Å². The second kappa shape index (κ2) is 7.16. The third-order valence-electron chi connectivity index (χ3n) is 4.11. The van der Waals surface area contributed by atoms with Crippen molar-refractivity contribution in [2.24, 2.45) is 0 Å². The molecule has 1 fully saturated rings. The molecule has 3 rings (SSSR count). The van der Waals surface area contributed by atoms with Crippen molar-refractivity contribution in [3.63, 3.8) is 0 Å². The van der Waals surface area contributed by atoms with Gasteiger partial charge < -0.3 is 29.1 Å². The Morgan fingerprint density at radius 1 is 1.39 bits per heavy atom. The van der Waals surface area contributed by atoms with Gasteiger partial charge in [0.05, 0.1) is 25.9 Å². The zero-order valence-corrected chi connectivity index (χ0v) is 13.2. The second-order valence-electron chi connectivity index (χ2n) is 5.78. The number of hydrogen-bond donors (Lipinski definition) is 1. The van der Waals surface area contributed by atoms with Crippen LogP contribution in [0, 0.1) is 0 Å². The van der Waals surface area contributed by atoms with Crippen LogP contribution in [-0.2, 0) is 4.74 Å². The Kier molecular flexibility index (Phi) is 5.00. The first-order valence-electron chi connectivity index (χ1n) is 7.77. The molecule has 0 unspecified atom stereocenters. The SMILES string of the molecule is CN(CCO)C[C@H]1COCCN1C(=O)c1ccc2c(c1)OCO2. The van der Waals surface area contributed by atoms with Crippen LogP contribution in [0.2, 0.25) is 0 Å². The van der Waals surface area contributed by atoms with Gasteiger partial charge in [0.2, 0.25) is 6.79 Å². The fourth-order valence-electron chi connectivity index (χ4n) is 2.89. The van der Waals surface area contributed by atoms with Gasteiger partial charge in [-0.05, 0) is 25.2 Å². The van der Waals surface area contributed by atoms with Gasteiger partial charge in [0.25, 0.3) is 5.91 Å². The molecule has 23 heavy (non-hydrogen) atoms. The molecule has 1 atom stereocenters. The van der Waals surface area contributed by atoms with Gasteiger partial charge in [-0.15, -0.1) is 0 Å². The van der Waals surface area contributed by atoms with Gasteiger partial charge in [-0.1, -0.05) is 0 Å². The average Bonchev–Trinajstić information content (AvgIpc) is 3.02. The Balaban J connectivity index is 1.73. The third-order valence-corrected chi connectivity index (χ3v) is 4.11. The normalized spacial score (nSPS) is 20.1. The molecule has 2 heterocycles. The molecule has 1 N–H and O–H groups in total. The highest BCUT2D eigenvalue weighted by molar-refractivity contribution is 5.95. The maximum atomic E-state index is 12.9. The summed E-state index contributed by atoms with van der Waals surface area (Å²) in [6, 6.07) is 5.23. The van der Waals surface area contributed by atoms with Gasteiger partial charge in [0.1, 0.15) is 0 Å². The summed E-state index contributed by atoms with van der Waals surface area (Å²) in [5, 5.41) is 9.03. The zero-order valence-electron chi connectivity index (χ0n) is 13.2. The van der Waals surface area contributed by atoms with E-state index in [-0.39, 0.29) is 25.3 Å². The highest BCUT2D eigenvalue weighted by atomic mass is 16.7. The molecule has 0 radical (unpaired) electrons. The van der Waals surface area contributed by atoms with E-state index in [9.17, 15) is 4.79 Å². The minimum Gasteiger partial charge on any atom is -0.454 e. The minimum absolute atomic E-state index is 0.0294. The molecule has 0 spiro atoms. The van der Waals surface area contributed by atoms with Crippen LogP contribution in [0.4, 0.5) is 0 Å². The number of aliphatic hydroxyl groups excluding tert-OH is 1. The number of morpholine rings is 1.